The van der Waals surface area contributed by atoms with Gasteiger partial charge < -0.3 is 4.90 Å². The lowest BCUT2D eigenvalue weighted by molar-refractivity contribution is 0.333. The molecule has 9 rings (SSSR count). The Morgan fingerprint density at radius 1 is 0.442 bits per heavy atom. The van der Waals surface area contributed by atoms with Crippen LogP contribution in [0, 0.1) is 0 Å². The molecule has 0 unspecified atom stereocenters. The van der Waals surface area contributed by atoms with Gasteiger partial charge in [-0.2, -0.15) is 0 Å². The summed E-state index contributed by atoms with van der Waals surface area (Å²) < 4.78 is 0. The minimum atomic E-state index is -0.103. The van der Waals surface area contributed by atoms with Crippen LogP contribution in [0.3, 0.4) is 0 Å². The van der Waals surface area contributed by atoms with E-state index >= 15 is 0 Å². The molecule has 0 saturated heterocycles. The molecule has 0 aliphatic heterocycles. The van der Waals surface area contributed by atoms with Crippen LogP contribution >= 0.6 is 0 Å². The van der Waals surface area contributed by atoms with E-state index in [1.807, 2.05) is 0 Å². The average Bonchev–Trinajstić information content (AvgIpc) is 3.39. The Balaban J connectivity index is 1.26. The Hall–Kier alpha value is -4.88. The number of hydrogen-bond donors (Lipinski definition) is 0. The fraction of sp³-hybridized carbons (Fsp3) is 0.294. The summed E-state index contributed by atoms with van der Waals surface area (Å²) in [6.07, 6.45) is 7.32. The molecule has 0 spiro atoms. The number of nitrogens with zero attached hydrogens (tertiary/aromatic N) is 1. The van der Waals surface area contributed by atoms with Gasteiger partial charge in [-0.25, -0.2) is 0 Å². The molecule has 3 aliphatic carbocycles. The van der Waals surface area contributed by atoms with E-state index in [1.165, 1.54) is 116 Å². The molecule has 1 heteroatoms. The first-order valence-corrected chi connectivity index (χ1v) is 19.5. The van der Waals surface area contributed by atoms with Crippen LogP contribution in [0.4, 0.5) is 17.1 Å². The summed E-state index contributed by atoms with van der Waals surface area (Å²) in [5, 5.41) is 0. The molecule has 0 saturated carbocycles. The first kappa shape index (κ1) is 33.0. The van der Waals surface area contributed by atoms with Gasteiger partial charge in [0.2, 0.25) is 0 Å². The molecule has 52 heavy (non-hydrogen) atoms. The molecule has 0 N–H and O–H groups in total. The van der Waals surface area contributed by atoms with Crippen molar-refractivity contribution in [2.45, 2.75) is 96.3 Å². The molecule has 1 nitrogen and oxygen atoms in total. The summed E-state index contributed by atoms with van der Waals surface area (Å²) in [7, 11) is 0. The Bertz CT molecular complexity index is 2320. The van der Waals surface area contributed by atoms with Crippen molar-refractivity contribution >= 4 is 17.1 Å². The van der Waals surface area contributed by atoms with E-state index in [0.29, 0.717) is 0 Å². The van der Waals surface area contributed by atoms with Crippen LogP contribution in [0.1, 0.15) is 101 Å². The zero-order valence-electron chi connectivity index (χ0n) is 31.8. The van der Waals surface area contributed by atoms with Crippen molar-refractivity contribution in [3.05, 3.63) is 161 Å². The average molecular weight is 678 g/mol. The Labute approximate surface area is 311 Å². The van der Waals surface area contributed by atoms with E-state index in [1.54, 1.807) is 0 Å². The van der Waals surface area contributed by atoms with Crippen LogP contribution in [-0.4, -0.2) is 0 Å². The lowest BCUT2D eigenvalue weighted by Gasteiger charge is -2.43. The van der Waals surface area contributed by atoms with Crippen LogP contribution in [0.15, 0.2) is 127 Å². The molecule has 0 heterocycles. The summed E-state index contributed by atoms with van der Waals surface area (Å²) in [5.41, 5.74) is 20.6. The van der Waals surface area contributed by atoms with Crippen LogP contribution in [0.25, 0.3) is 33.4 Å². The zero-order chi connectivity index (χ0) is 35.8. The smallest absolute Gasteiger partial charge is 0.0543 e. The lowest BCUT2D eigenvalue weighted by Crippen LogP contribution is -2.34. The molecule has 0 fully saturated rings. The van der Waals surface area contributed by atoms with Crippen LogP contribution in [0.2, 0.25) is 0 Å². The van der Waals surface area contributed by atoms with E-state index < -0.39 is 0 Å². The van der Waals surface area contributed by atoms with Gasteiger partial charge in [-0.15, -0.1) is 0 Å². The lowest BCUT2D eigenvalue weighted by atomic mass is 9.61. The highest BCUT2D eigenvalue weighted by Gasteiger charge is 2.39. The monoisotopic (exact) mass is 677 g/mol. The molecule has 3 aliphatic rings. The minimum Gasteiger partial charge on any atom is -0.310 e. The van der Waals surface area contributed by atoms with Gasteiger partial charge in [0.1, 0.15) is 0 Å². The van der Waals surface area contributed by atoms with Gasteiger partial charge >= 0.3 is 0 Å². The van der Waals surface area contributed by atoms with Gasteiger partial charge in [0.15, 0.2) is 0 Å². The second-order valence-corrected chi connectivity index (χ2v) is 17.5. The molecule has 0 bridgehead atoms. The molecule has 260 valence electrons. The number of rotatable bonds is 5. The highest BCUT2D eigenvalue weighted by atomic mass is 15.1. The Kier molecular flexibility index (Phi) is 7.67. The third-order valence-electron chi connectivity index (χ3n) is 12.9. The molecule has 0 amide bonds. The molecule has 0 atom stereocenters. The number of aryl methyl sites for hydroxylation is 2. The quantitative estimate of drug-likeness (QED) is 0.176. The summed E-state index contributed by atoms with van der Waals surface area (Å²) in [5.74, 6) is 0. The maximum Gasteiger partial charge on any atom is 0.0543 e. The number of benzene rings is 6. The highest BCUT2D eigenvalue weighted by molar-refractivity contribution is 5.95. The molecule has 6 aromatic rings. The van der Waals surface area contributed by atoms with Gasteiger partial charge in [0, 0.05) is 22.4 Å². The first-order valence-electron chi connectivity index (χ1n) is 19.5. The van der Waals surface area contributed by atoms with Crippen molar-refractivity contribution in [3.8, 4) is 33.4 Å². The maximum absolute atomic E-state index is 2.52. The standard InChI is InChI=1S/C51H51N/c1-49(2)29-30-50(3,4)48-40(20-14-22-45(48)49)35-23-25-36(26-24-35)42-32-43-41-19-12-13-21-44(41)51(5,6)46(43)33-47(42)52(38-17-8-7-9-18-38)39-28-27-34-15-10-11-16-37(34)31-39/h7-9,12-14,17-28,31-33H,10-11,15-16,29-30H2,1-6H3. The van der Waals surface area contributed by atoms with Crippen molar-refractivity contribution in [3.63, 3.8) is 0 Å². The SMILES string of the molecule is CC1(C)CCC(C)(C)c2c(-c3ccc(-c4cc5c(cc4N(c4ccccc4)c4ccc6c(c4)CCCC6)C(C)(C)c4ccccc4-5)cc3)cccc21. The van der Waals surface area contributed by atoms with Crippen LogP contribution in [-0.2, 0) is 29.1 Å². The van der Waals surface area contributed by atoms with E-state index in [-0.39, 0.29) is 16.2 Å². The predicted octanol–water partition coefficient (Wildman–Crippen LogP) is 14.0. The van der Waals surface area contributed by atoms with Crippen molar-refractivity contribution in [1.29, 1.82) is 0 Å². The summed E-state index contributed by atoms with van der Waals surface area (Å²) in [6, 6.07) is 48.8. The third kappa shape index (κ3) is 5.27. The predicted molar refractivity (Wildman–Crippen MR) is 221 cm³/mol. The second kappa shape index (κ2) is 12.1. The number of para-hydroxylation sites is 1. The largest absolute Gasteiger partial charge is 0.310 e. The van der Waals surface area contributed by atoms with E-state index in [2.05, 4.69) is 174 Å². The zero-order valence-corrected chi connectivity index (χ0v) is 31.8. The first-order chi connectivity index (χ1) is 25.0. The number of hydrogen-bond acceptors (Lipinski definition) is 1. The summed E-state index contributed by atoms with van der Waals surface area (Å²) in [4.78, 5) is 2.52. The van der Waals surface area contributed by atoms with E-state index in [9.17, 15) is 0 Å². The Morgan fingerprint density at radius 2 is 1.08 bits per heavy atom. The maximum atomic E-state index is 2.52. The fourth-order valence-electron chi connectivity index (χ4n) is 9.82. The summed E-state index contributed by atoms with van der Waals surface area (Å²) in [6.45, 7) is 14.5. The van der Waals surface area contributed by atoms with Gasteiger partial charge in [-0.3, -0.25) is 0 Å². The van der Waals surface area contributed by atoms with Gasteiger partial charge in [-0.05, 0) is 147 Å². The molecule has 0 aromatic heterocycles. The minimum absolute atomic E-state index is 0.103. The molecule has 0 radical (unpaired) electrons. The topological polar surface area (TPSA) is 3.24 Å². The molecular formula is C51H51N. The second-order valence-electron chi connectivity index (χ2n) is 17.5. The fourth-order valence-corrected chi connectivity index (χ4v) is 9.82. The van der Waals surface area contributed by atoms with Crippen LogP contribution < -0.4 is 4.90 Å². The van der Waals surface area contributed by atoms with E-state index in [4.69, 9.17) is 0 Å². The van der Waals surface area contributed by atoms with Crippen molar-refractivity contribution in [1.82, 2.24) is 0 Å². The third-order valence-corrected chi connectivity index (χ3v) is 12.9. The van der Waals surface area contributed by atoms with Gasteiger partial charge in [-0.1, -0.05) is 133 Å². The van der Waals surface area contributed by atoms with Gasteiger partial charge in [0.05, 0.1) is 5.69 Å². The molecular weight excluding hydrogens is 627 g/mol. The molecule has 6 aromatic carbocycles. The van der Waals surface area contributed by atoms with Crippen LogP contribution in [0.5, 0.6) is 0 Å². The number of anilines is 3. The van der Waals surface area contributed by atoms with E-state index in [0.717, 1.165) is 6.42 Å². The van der Waals surface area contributed by atoms with Crippen molar-refractivity contribution in [2.75, 3.05) is 4.90 Å². The normalized spacial score (nSPS) is 17.4. The number of fused-ring (bicyclic) bond motifs is 5. The van der Waals surface area contributed by atoms with Gasteiger partial charge in [0.25, 0.3) is 0 Å². The van der Waals surface area contributed by atoms with Crippen molar-refractivity contribution in [2.24, 2.45) is 0 Å². The highest BCUT2D eigenvalue weighted by Crippen LogP contribution is 2.54. The Morgan fingerprint density at radius 3 is 1.85 bits per heavy atom. The van der Waals surface area contributed by atoms with Crippen molar-refractivity contribution < 1.29 is 0 Å². The summed E-state index contributed by atoms with van der Waals surface area (Å²) >= 11 is 0.